The van der Waals surface area contributed by atoms with Crippen molar-refractivity contribution in [3.05, 3.63) is 100 Å². The minimum atomic E-state index is -0.210. The normalized spacial score (nSPS) is 10.8. The monoisotopic (exact) mass is 460 g/mol. The Morgan fingerprint density at radius 3 is 2.58 bits per heavy atom. The zero-order chi connectivity index (χ0) is 22.6. The molecular weight excluding hydrogens is 444 g/mol. The van der Waals surface area contributed by atoms with E-state index in [1.807, 2.05) is 24.3 Å². The van der Waals surface area contributed by atoms with Crippen LogP contribution in [0, 0.1) is 0 Å². The Kier molecular flexibility index (Phi) is 5.61. The minimum absolute atomic E-state index is 0.210. The Morgan fingerprint density at radius 1 is 1.06 bits per heavy atom. The molecule has 0 amide bonds. The van der Waals surface area contributed by atoms with Gasteiger partial charge in [-0.3, -0.25) is 14.5 Å². The second-order valence-corrected chi connectivity index (χ2v) is 7.51. The third kappa shape index (κ3) is 4.63. The van der Waals surface area contributed by atoms with Crippen molar-refractivity contribution in [2.24, 2.45) is 0 Å². The van der Waals surface area contributed by atoms with Crippen molar-refractivity contribution in [1.29, 1.82) is 0 Å². The largest absolute Gasteiger partial charge is 0.436 e. The minimum Gasteiger partial charge on any atom is -0.436 e. The van der Waals surface area contributed by atoms with Gasteiger partial charge in [-0.2, -0.15) is 5.10 Å². The van der Waals surface area contributed by atoms with E-state index in [2.05, 4.69) is 25.7 Å². The summed E-state index contributed by atoms with van der Waals surface area (Å²) in [6, 6.07) is 17.8. The first-order valence-corrected chi connectivity index (χ1v) is 10.3. The van der Waals surface area contributed by atoms with Crippen molar-refractivity contribution in [2.75, 3.05) is 5.32 Å². The van der Waals surface area contributed by atoms with Crippen molar-refractivity contribution in [3.8, 4) is 22.9 Å². The molecule has 164 valence electrons. The second kappa shape index (κ2) is 9.01. The maximum Gasteiger partial charge on any atom is 0.264 e. The van der Waals surface area contributed by atoms with Crippen LogP contribution in [0.1, 0.15) is 5.56 Å². The predicted octanol–water partition coefficient (Wildman–Crippen LogP) is 4.86. The topological polar surface area (TPSA) is 111 Å². The van der Waals surface area contributed by atoms with Crippen LogP contribution in [0.2, 0.25) is 5.02 Å². The third-order valence-electron chi connectivity index (χ3n) is 4.84. The summed E-state index contributed by atoms with van der Waals surface area (Å²) < 4.78 is 11.9. The molecule has 0 saturated heterocycles. The summed E-state index contributed by atoms with van der Waals surface area (Å²) in [6.07, 6.45) is 4.55. The van der Waals surface area contributed by atoms with Crippen molar-refractivity contribution < 1.29 is 9.26 Å². The predicted molar refractivity (Wildman–Crippen MR) is 123 cm³/mol. The number of anilines is 2. The van der Waals surface area contributed by atoms with E-state index in [1.54, 1.807) is 47.2 Å². The molecule has 0 bridgehead atoms. The van der Waals surface area contributed by atoms with E-state index in [0.29, 0.717) is 40.4 Å². The number of hydrogen-bond donors (Lipinski definition) is 2. The molecule has 10 heteroatoms. The maximum absolute atomic E-state index is 13.4. The average Bonchev–Trinajstić information content (AvgIpc) is 3.54. The molecule has 0 spiro atoms. The maximum atomic E-state index is 13.4. The molecule has 2 N–H and O–H groups in total. The van der Waals surface area contributed by atoms with Gasteiger partial charge in [0.05, 0.1) is 17.8 Å². The Labute approximate surface area is 192 Å². The summed E-state index contributed by atoms with van der Waals surface area (Å²) in [5.74, 6) is 1.35. The van der Waals surface area contributed by atoms with Gasteiger partial charge in [0.15, 0.2) is 0 Å². The molecule has 0 saturated carbocycles. The molecule has 9 nitrogen and oxygen atoms in total. The molecular formula is C23H17ClN6O3. The van der Waals surface area contributed by atoms with E-state index < -0.39 is 0 Å². The molecule has 0 radical (unpaired) electrons. The van der Waals surface area contributed by atoms with Gasteiger partial charge in [-0.15, -0.1) is 0 Å². The lowest BCUT2D eigenvalue weighted by Crippen LogP contribution is -2.26. The van der Waals surface area contributed by atoms with Crippen LogP contribution in [-0.2, 0) is 6.54 Å². The van der Waals surface area contributed by atoms with E-state index in [0.717, 1.165) is 11.3 Å². The summed E-state index contributed by atoms with van der Waals surface area (Å²) in [4.78, 5) is 17.9. The second-order valence-electron chi connectivity index (χ2n) is 7.07. The molecule has 5 aromatic rings. The highest BCUT2D eigenvalue weighted by atomic mass is 35.5. The van der Waals surface area contributed by atoms with E-state index >= 15 is 0 Å². The molecule has 0 aliphatic carbocycles. The fourth-order valence-corrected chi connectivity index (χ4v) is 3.34. The Bertz CT molecular complexity index is 1400. The summed E-state index contributed by atoms with van der Waals surface area (Å²) in [6.45, 7) is 0.306. The molecule has 0 atom stereocenters. The van der Waals surface area contributed by atoms with Crippen molar-refractivity contribution in [3.63, 3.8) is 0 Å². The average molecular weight is 461 g/mol. The number of benzene rings is 2. The van der Waals surface area contributed by atoms with Crippen LogP contribution in [-0.4, -0.2) is 24.9 Å². The highest BCUT2D eigenvalue weighted by Crippen LogP contribution is 2.24. The van der Waals surface area contributed by atoms with Crippen LogP contribution in [0.3, 0.4) is 0 Å². The molecule has 33 heavy (non-hydrogen) atoms. The quantitative estimate of drug-likeness (QED) is 0.357. The number of rotatable bonds is 7. The first-order chi connectivity index (χ1) is 16.2. The fourth-order valence-electron chi connectivity index (χ4n) is 3.21. The highest BCUT2D eigenvalue weighted by Gasteiger charge is 2.14. The lowest BCUT2D eigenvalue weighted by atomic mass is 10.2. The molecule has 0 aliphatic heterocycles. The van der Waals surface area contributed by atoms with Gasteiger partial charge in [0, 0.05) is 29.2 Å². The zero-order valence-electron chi connectivity index (χ0n) is 17.1. The van der Waals surface area contributed by atoms with Gasteiger partial charge >= 0.3 is 0 Å². The summed E-state index contributed by atoms with van der Waals surface area (Å²) >= 11 is 6.01. The molecule has 3 heterocycles. The Balaban J connectivity index is 1.46. The Hall–Kier alpha value is -4.37. The molecule has 0 fully saturated rings. The highest BCUT2D eigenvalue weighted by molar-refractivity contribution is 6.30. The van der Waals surface area contributed by atoms with Crippen molar-refractivity contribution in [2.45, 2.75) is 6.54 Å². The van der Waals surface area contributed by atoms with E-state index in [9.17, 15) is 4.79 Å². The summed E-state index contributed by atoms with van der Waals surface area (Å²) in [7, 11) is 0. The van der Waals surface area contributed by atoms with Gasteiger partial charge in [-0.05, 0) is 53.2 Å². The molecule has 3 aromatic heterocycles. The third-order valence-corrected chi connectivity index (χ3v) is 5.09. The van der Waals surface area contributed by atoms with Crippen molar-refractivity contribution in [1.82, 2.24) is 24.9 Å². The standard InChI is InChI=1S/C23H17ClN6O3/c24-16-3-1-15(2-4-16)14-30-22(31)19(20-9-11-26-28-20)13-25-23(30)27-17-5-7-18(8-6-17)33-21-10-12-32-29-21/h1-13H,14H2,(H,25,27)(H,26,28). The zero-order valence-corrected chi connectivity index (χ0v) is 17.9. The van der Waals surface area contributed by atoms with E-state index in [4.69, 9.17) is 20.9 Å². The number of hydrogen-bond acceptors (Lipinski definition) is 7. The summed E-state index contributed by atoms with van der Waals surface area (Å²) in [5, 5.41) is 14.3. The first-order valence-electron chi connectivity index (χ1n) is 9.95. The lowest BCUT2D eigenvalue weighted by Gasteiger charge is -2.15. The SMILES string of the molecule is O=c1c(-c2ccn[nH]2)cnc(Nc2ccc(Oc3ccon3)cc2)n1Cc1ccc(Cl)cc1. The molecule has 5 rings (SSSR count). The fraction of sp³-hybridized carbons (Fsp3) is 0.0435. The van der Waals surface area contributed by atoms with Gasteiger partial charge in [0.25, 0.3) is 11.4 Å². The number of halogens is 1. The van der Waals surface area contributed by atoms with Crippen LogP contribution >= 0.6 is 11.6 Å². The van der Waals surface area contributed by atoms with E-state index in [1.165, 1.54) is 12.5 Å². The van der Waals surface area contributed by atoms with Crippen LogP contribution in [0.15, 0.2) is 88.6 Å². The smallest absolute Gasteiger partial charge is 0.264 e. The molecule has 2 aromatic carbocycles. The van der Waals surface area contributed by atoms with Gasteiger partial charge in [-0.1, -0.05) is 23.7 Å². The number of aromatic nitrogens is 5. The number of aromatic amines is 1. The number of ether oxygens (including phenoxy) is 1. The van der Waals surface area contributed by atoms with Gasteiger partial charge in [0.2, 0.25) is 5.95 Å². The van der Waals surface area contributed by atoms with Crippen LogP contribution < -0.4 is 15.6 Å². The number of nitrogens with one attached hydrogen (secondary N) is 2. The Morgan fingerprint density at radius 2 is 1.88 bits per heavy atom. The van der Waals surface area contributed by atoms with Gasteiger partial charge in [-0.25, -0.2) is 4.98 Å². The van der Waals surface area contributed by atoms with Gasteiger partial charge < -0.3 is 14.6 Å². The number of nitrogens with zero attached hydrogens (tertiary/aromatic N) is 4. The summed E-state index contributed by atoms with van der Waals surface area (Å²) in [5.41, 5.74) is 2.44. The first kappa shape index (κ1) is 20.5. The van der Waals surface area contributed by atoms with Crippen LogP contribution in [0.4, 0.5) is 11.6 Å². The number of H-pyrrole nitrogens is 1. The van der Waals surface area contributed by atoms with E-state index in [-0.39, 0.29) is 5.56 Å². The van der Waals surface area contributed by atoms with Gasteiger partial charge in [0.1, 0.15) is 12.0 Å². The van der Waals surface area contributed by atoms with Crippen molar-refractivity contribution >= 4 is 23.2 Å². The molecule has 0 unspecified atom stereocenters. The lowest BCUT2D eigenvalue weighted by molar-refractivity contribution is 0.367. The van der Waals surface area contributed by atoms with Crippen LogP contribution in [0.25, 0.3) is 11.3 Å². The molecule has 0 aliphatic rings. The van der Waals surface area contributed by atoms with Crippen LogP contribution in [0.5, 0.6) is 11.6 Å².